The van der Waals surface area contributed by atoms with Gasteiger partial charge in [-0.05, 0) is 67.8 Å². The second kappa shape index (κ2) is 8.48. The predicted molar refractivity (Wildman–Crippen MR) is 126 cm³/mol. The molecule has 0 aliphatic heterocycles. The van der Waals surface area contributed by atoms with Crippen LogP contribution in [0.15, 0.2) is 70.6 Å². The van der Waals surface area contributed by atoms with E-state index in [2.05, 4.69) is 10.7 Å². The van der Waals surface area contributed by atoms with Crippen molar-refractivity contribution in [3.8, 4) is 11.4 Å². The zero-order valence-electron chi connectivity index (χ0n) is 17.2. The summed E-state index contributed by atoms with van der Waals surface area (Å²) in [5, 5.41) is 6.40. The molecule has 4 aromatic rings. The van der Waals surface area contributed by atoms with Crippen LogP contribution in [-0.2, 0) is 0 Å². The number of fused-ring (bicyclic) bond motifs is 1. The predicted octanol–water partition coefficient (Wildman–Crippen LogP) is 7.22. The normalized spacial score (nSPS) is 13.6. The fourth-order valence-electron chi connectivity index (χ4n) is 3.69. The molecular weight excluding hydrogens is 426 g/mol. The third-order valence-corrected chi connectivity index (χ3v) is 6.71. The number of rotatable bonds is 7. The maximum atomic E-state index is 12.3. The first-order chi connectivity index (χ1) is 15.1. The third kappa shape index (κ3) is 4.25. The Kier molecular flexibility index (Phi) is 5.55. The smallest absolute Gasteiger partial charge is 0.162 e. The number of aromatic nitrogens is 3. The number of pyridine rings is 1. The van der Waals surface area contributed by atoms with Crippen LogP contribution in [0.2, 0.25) is 5.02 Å². The van der Waals surface area contributed by atoms with Gasteiger partial charge in [0, 0.05) is 27.3 Å². The van der Waals surface area contributed by atoms with E-state index in [0.29, 0.717) is 12.5 Å². The van der Waals surface area contributed by atoms with Crippen molar-refractivity contribution in [2.45, 2.75) is 48.4 Å². The van der Waals surface area contributed by atoms with Crippen LogP contribution in [-0.4, -0.2) is 20.5 Å². The highest BCUT2D eigenvalue weighted by Gasteiger charge is 2.29. The molecule has 0 atom stereocenters. The number of hydrogen-bond acceptors (Lipinski definition) is 4. The van der Waals surface area contributed by atoms with Crippen LogP contribution in [0.5, 0.6) is 0 Å². The molecule has 0 bridgehead atoms. The SMILES string of the molecule is CCCC(=O)c1ccc2nc(-c3c(Sc4ccc(Cl)cc4)cnn3C3CC3)ccc2c1. The van der Waals surface area contributed by atoms with Crippen molar-refractivity contribution in [3.05, 3.63) is 71.4 Å². The molecule has 0 radical (unpaired) electrons. The van der Waals surface area contributed by atoms with E-state index in [-0.39, 0.29) is 5.78 Å². The Labute approximate surface area is 190 Å². The highest BCUT2D eigenvalue weighted by atomic mass is 35.5. The van der Waals surface area contributed by atoms with Crippen molar-refractivity contribution in [1.82, 2.24) is 14.8 Å². The third-order valence-electron chi connectivity index (χ3n) is 5.43. The summed E-state index contributed by atoms with van der Waals surface area (Å²) < 4.78 is 2.12. The van der Waals surface area contributed by atoms with Gasteiger partial charge in [0.25, 0.3) is 0 Å². The molecule has 2 aromatic carbocycles. The average molecular weight is 448 g/mol. The highest BCUT2D eigenvalue weighted by molar-refractivity contribution is 7.99. The number of hydrogen-bond donors (Lipinski definition) is 0. The van der Waals surface area contributed by atoms with Gasteiger partial charge in [0.1, 0.15) is 5.69 Å². The summed E-state index contributed by atoms with van der Waals surface area (Å²) in [4.78, 5) is 19.4. The molecule has 0 unspecified atom stereocenters. The molecule has 0 N–H and O–H groups in total. The Morgan fingerprint density at radius 3 is 2.68 bits per heavy atom. The van der Waals surface area contributed by atoms with Crippen LogP contribution in [0.3, 0.4) is 0 Å². The summed E-state index contributed by atoms with van der Waals surface area (Å²) in [7, 11) is 0. The van der Waals surface area contributed by atoms with E-state index in [4.69, 9.17) is 21.7 Å². The summed E-state index contributed by atoms with van der Waals surface area (Å²) >= 11 is 7.72. The monoisotopic (exact) mass is 447 g/mol. The van der Waals surface area contributed by atoms with Gasteiger partial charge in [0.15, 0.2) is 5.78 Å². The molecule has 1 saturated carbocycles. The van der Waals surface area contributed by atoms with Crippen LogP contribution in [0.25, 0.3) is 22.3 Å². The van der Waals surface area contributed by atoms with Crippen LogP contribution in [0, 0.1) is 0 Å². The quantitative estimate of drug-likeness (QED) is 0.280. The molecule has 2 aromatic heterocycles. The van der Waals surface area contributed by atoms with Crippen LogP contribution in [0.1, 0.15) is 49.0 Å². The van der Waals surface area contributed by atoms with E-state index in [0.717, 1.165) is 61.9 Å². The van der Waals surface area contributed by atoms with Crippen LogP contribution >= 0.6 is 23.4 Å². The van der Waals surface area contributed by atoms with Crippen molar-refractivity contribution in [3.63, 3.8) is 0 Å². The molecule has 156 valence electrons. The van der Waals surface area contributed by atoms with Gasteiger partial charge in [-0.15, -0.1) is 0 Å². The molecule has 0 amide bonds. The Bertz CT molecular complexity index is 1260. The Morgan fingerprint density at radius 2 is 1.94 bits per heavy atom. The van der Waals surface area contributed by atoms with Gasteiger partial charge in [0.05, 0.1) is 28.3 Å². The van der Waals surface area contributed by atoms with Gasteiger partial charge in [-0.25, -0.2) is 4.98 Å². The lowest BCUT2D eigenvalue weighted by Crippen LogP contribution is -2.01. The Morgan fingerprint density at radius 1 is 1.13 bits per heavy atom. The fraction of sp³-hybridized carbons (Fsp3) is 0.240. The van der Waals surface area contributed by atoms with Crippen molar-refractivity contribution in [2.75, 3.05) is 0 Å². The fourth-order valence-corrected chi connectivity index (χ4v) is 4.74. The van der Waals surface area contributed by atoms with Crippen LogP contribution < -0.4 is 0 Å². The van der Waals surface area contributed by atoms with E-state index < -0.39 is 0 Å². The topological polar surface area (TPSA) is 47.8 Å². The van der Waals surface area contributed by atoms with E-state index in [1.54, 1.807) is 11.8 Å². The van der Waals surface area contributed by atoms with E-state index >= 15 is 0 Å². The maximum absolute atomic E-state index is 12.3. The standard InChI is InChI=1S/C25H22ClN3OS/c1-2-3-23(30)17-5-12-21-16(14-17)4-13-22(28-21)25-24(15-27-29(25)19-8-9-19)31-20-10-6-18(26)7-11-20/h4-7,10-15,19H,2-3,8-9H2,1H3. The molecule has 0 saturated heterocycles. The average Bonchev–Trinajstić information content (AvgIpc) is 3.55. The zero-order valence-corrected chi connectivity index (χ0v) is 18.8. The van der Waals surface area contributed by atoms with E-state index in [9.17, 15) is 4.79 Å². The van der Waals surface area contributed by atoms with E-state index in [1.165, 1.54) is 0 Å². The number of ketones is 1. The van der Waals surface area contributed by atoms with Crippen molar-refractivity contribution in [1.29, 1.82) is 0 Å². The second-order valence-corrected chi connectivity index (χ2v) is 9.42. The Hall–Kier alpha value is -2.63. The maximum Gasteiger partial charge on any atom is 0.162 e. The molecule has 31 heavy (non-hydrogen) atoms. The van der Waals surface area contributed by atoms with Crippen molar-refractivity contribution in [2.24, 2.45) is 0 Å². The summed E-state index contributed by atoms with van der Waals surface area (Å²) in [6, 6.07) is 18.2. The molecule has 0 spiro atoms. The summed E-state index contributed by atoms with van der Waals surface area (Å²) in [5.74, 6) is 0.182. The molecular formula is C25H22ClN3OS. The summed E-state index contributed by atoms with van der Waals surface area (Å²) in [6.07, 6.45) is 5.66. The first-order valence-corrected chi connectivity index (χ1v) is 11.8. The lowest BCUT2D eigenvalue weighted by molar-refractivity contribution is 0.0982. The minimum Gasteiger partial charge on any atom is -0.294 e. The highest BCUT2D eigenvalue weighted by Crippen LogP contribution is 2.43. The summed E-state index contributed by atoms with van der Waals surface area (Å²) in [5.41, 5.74) is 3.60. The van der Waals surface area contributed by atoms with Gasteiger partial charge in [-0.3, -0.25) is 9.48 Å². The van der Waals surface area contributed by atoms with Gasteiger partial charge in [-0.2, -0.15) is 5.10 Å². The number of halogens is 1. The molecule has 6 heteroatoms. The molecule has 2 heterocycles. The molecule has 4 nitrogen and oxygen atoms in total. The first-order valence-electron chi connectivity index (χ1n) is 10.6. The van der Waals surface area contributed by atoms with Crippen molar-refractivity contribution >= 4 is 40.0 Å². The minimum atomic E-state index is 0.182. The summed E-state index contributed by atoms with van der Waals surface area (Å²) in [6.45, 7) is 2.02. The zero-order chi connectivity index (χ0) is 21.4. The van der Waals surface area contributed by atoms with Gasteiger partial charge >= 0.3 is 0 Å². The van der Waals surface area contributed by atoms with E-state index in [1.807, 2.05) is 61.7 Å². The number of carbonyl (C=O) groups excluding carboxylic acids is 1. The minimum absolute atomic E-state index is 0.182. The number of nitrogens with zero attached hydrogens (tertiary/aromatic N) is 3. The number of Topliss-reactive ketones (excluding diaryl/α,β-unsaturated/α-hetero) is 1. The largest absolute Gasteiger partial charge is 0.294 e. The number of benzene rings is 2. The lowest BCUT2D eigenvalue weighted by Gasteiger charge is -2.10. The van der Waals surface area contributed by atoms with Crippen LogP contribution in [0.4, 0.5) is 0 Å². The first kappa shape index (κ1) is 20.3. The molecule has 1 aliphatic carbocycles. The van der Waals surface area contributed by atoms with Gasteiger partial charge < -0.3 is 0 Å². The number of carbonyl (C=O) groups is 1. The second-order valence-electron chi connectivity index (χ2n) is 7.87. The molecule has 1 fully saturated rings. The lowest BCUT2D eigenvalue weighted by atomic mass is 10.0. The Balaban J connectivity index is 1.53. The van der Waals surface area contributed by atoms with Crippen molar-refractivity contribution < 1.29 is 4.79 Å². The molecule has 5 rings (SSSR count). The van der Waals surface area contributed by atoms with Gasteiger partial charge in [0.2, 0.25) is 0 Å². The molecule has 1 aliphatic rings. The van der Waals surface area contributed by atoms with Gasteiger partial charge in [-0.1, -0.05) is 36.4 Å².